The molecule has 0 aliphatic rings. The summed E-state index contributed by atoms with van der Waals surface area (Å²) in [7, 11) is 0. The maximum atomic E-state index is 6.58. The molecule has 0 saturated heterocycles. The number of aromatic nitrogens is 3. The van der Waals surface area contributed by atoms with Crippen LogP contribution in [0.3, 0.4) is 0 Å². The fourth-order valence-corrected chi connectivity index (χ4v) is 7.69. The third kappa shape index (κ3) is 4.98. The SMILES string of the molecule is c1ccc(-c2ccc(-c3nc(-c4ccc5ccccc5c4)nc(-c4cc(-c5cccc6c5oc5ccccc56)cc5oc6ccccc6c45)n3)cc2)cc1. The first-order valence-electron chi connectivity index (χ1n) is 18.0. The van der Waals surface area contributed by atoms with Gasteiger partial charge < -0.3 is 8.83 Å². The quantitative estimate of drug-likeness (QED) is 0.180. The molecule has 3 aromatic heterocycles. The van der Waals surface area contributed by atoms with Gasteiger partial charge in [-0.15, -0.1) is 0 Å². The second-order valence-corrected chi connectivity index (χ2v) is 13.6. The molecule has 0 spiro atoms. The zero-order valence-electron chi connectivity index (χ0n) is 28.9. The molecule has 252 valence electrons. The summed E-state index contributed by atoms with van der Waals surface area (Å²) >= 11 is 0. The summed E-state index contributed by atoms with van der Waals surface area (Å²) in [5, 5.41) is 6.37. The van der Waals surface area contributed by atoms with Crippen molar-refractivity contribution in [2.45, 2.75) is 0 Å². The van der Waals surface area contributed by atoms with Crippen LogP contribution < -0.4 is 0 Å². The van der Waals surface area contributed by atoms with E-state index in [0.717, 1.165) is 93.6 Å². The molecule has 0 radical (unpaired) electrons. The minimum Gasteiger partial charge on any atom is -0.456 e. The van der Waals surface area contributed by atoms with Gasteiger partial charge in [-0.05, 0) is 57.8 Å². The molecule has 0 fully saturated rings. The van der Waals surface area contributed by atoms with Crippen LogP contribution in [0.15, 0.2) is 185 Å². The van der Waals surface area contributed by atoms with Gasteiger partial charge in [0.1, 0.15) is 22.3 Å². The molecule has 11 aromatic rings. The van der Waals surface area contributed by atoms with E-state index in [1.807, 2.05) is 42.5 Å². The van der Waals surface area contributed by atoms with Crippen molar-refractivity contribution in [1.82, 2.24) is 15.0 Å². The molecule has 11 rings (SSSR count). The molecular formula is C49H29N3O2. The van der Waals surface area contributed by atoms with Crippen LogP contribution in [-0.2, 0) is 0 Å². The van der Waals surface area contributed by atoms with E-state index in [4.69, 9.17) is 23.8 Å². The van der Waals surface area contributed by atoms with E-state index in [2.05, 4.69) is 133 Å². The number of para-hydroxylation sites is 3. The van der Waals surface area contributed by atoms with Crippen LogP contribution in [0.25, 0.3) is 111 Å². The number of rotatable bonds is 5. The van der Waals surface area contributed by atoms with Gasteiger partial charge in [0.25, 0.3) is 0 Å². The molecule has 0 aliphatic heterocycles. The Labute approximate surface area is 309 Å². The van der Waals surface area contributed by atoms with Crippen molar-refractivity contribution in [1.29, 1.82) is 0 Å². The summed E-state index contributed by atoms with van der Waals surface area (Å²) in [6.07, 6.45) is 0. The predicted molar refractivity (Wildman–Crippen MR) is 219 cm³/mol. The fourth-order valence-electron chi connectivity index (χ4n) is 7.69. The van der Waals surface area contributed by atoms with Crippen LogP contribution in [0, 0.1) is 0 Å². The summed E-state index contributed by atoms with van der Waals surface area (Å²) in [5.41, 5.74) is 10.1. The molecule has 0 atom stereocenters. The Bertz CT molecular complexity index is 3210. The Hall–Kier alpha value is -7.37. The Balaban J connectivity index is 1.17. The minimum absolute atomic E-state index is 0.561. The van der Waals surface area contributed by atoms with Gasteiger partial charge in [-0.1, -0.05) is 146 Å². The topological polar surface area (TPSA) is 65.0 Å². The average molecular weight is 692 g/mol. The van der Waals surface area contributed by atoms with E-state index in [1.165, 1.54) is 0 Å². The van der Waals surface area contributed by atoms with Crippen molar-refractivity contribution in [3.63, 3.8) is 0 Å². The summed E-state index contributed by atoms with van der Waals surface area (Å²) in [4.78, 5) is 15.6. The number of hydrogen-bond acceptors (Lipinski definition) is 5. The van der Waals surface area contributed by atoms with Crippen LogP contribution in [-0.4, -0.2) is 15.0 Å². The van der Waals surface area contributed by atoms with Crippen molar-refractivity contribution in [3.8, 4) is 56.4 Å². The number of fused-ring (bicyclic) bond motifs is 7. The first-order chi connectivity index (χ1) is 26.7. The number of benzene rings is 8. The lowest BCUT2D eigenvalue weighted by molar-refractivity contribution is 0.668. The third-order valence-electron chi connectivity index (χ3n) is 10.3. The normalized spacial score (nSPS) is 11.7. The van der Waals surface area contributed by atoms with Crippen molar-refractivity contribution >= 4 is 54.6 Å². The van der Waals surface area contributed by atoms with Crippen LogP contribution in [0.5, 0.6) is 0 Å². The largest absolute Gasteiger partial charge is 0.456 e. The van der Waals surface area contributed by atoms with Gasteiger partial charge in [-0.3, -0.25) is 0 Å². The summed E-state index contributed by atoms with van der Waals surface area (Å²) < 4.78 is 13.1. The zero-order chi connectivity index (χ0) is 35.6. The second-order valence-electron chi connectivity index (χ2n) is 13.6. The molecule has 0 aliphatic carbocycles. The zero-order valence-corrected chi connectivity index (χ0v) is 28.9. The third-order valence-corrected chi connectivity index (χ3v) is 10.3. The molecule has 5 heteroatoms. The fraction of sp³-hybridized carbons (Fsp3) is 0. The molecule has 0 bridgehead atoms. The lowest BCUT2D eigenvalue weighted by atomic mass is 9.96. The van der Waals surface area contributed by atoms with Gasteiger partial charge in [-0.25, -0.2) is 15.0 Å². The number of hydrogen-bond donors (Lipinski definition) is 0. The molecule has 0 unspecified atom stereocenters. The second kappa shape index (κ2) is 12.1. The van der Waals surface area contributed by atoms with E-state index in [9.17, 15) is 0 Å². The highest BCUT2D eigenvalue weighted by Gasteiger charge is 2.21. The Morgan fingerprint density at radius 2 is 0.926 bits per heavy atom. The van der Waals surface area contributed by atoms with Gasteiger partial charge in [0, 0.05) is 43.8 Å². The standard InChI is InChI=1S/C49H29N3O2/c1-2-11-30(12-3-1)32-21-24-33(25-22-32)47-50-48(35-26-23-31-13-4-5-14-34(31)27-35)52-49(51-47)41-28-36(29-44-45(41)40-16-7-9-20-43(40)53-44)37-17-10-18-39-38-15-6-8-19-42(38)54-46(37)39/h1-29H. The lowest BCUT2D eigenvalue weighted by Gasteiger charge is -2.12. The van der Waals surface area contributed by atoms with Crippen molar-refractivity contribution in [3.05, 3.63) is 176 Å². The van der Waals surface area contributed by atoms with Crippen LogP contribution in [0.4, 0.5) is 0 Å². The van der Waals surface area contributed by atoms with Crippen LogP contribution in [0.2, 0.25) is 0 Å². The maximum absolute atomic E-state index is 6.58. The summed E-state index contributed by atoms with van der Waals surface area (Å²) in [6, 6.07) is 60.4. The minimum atomic E-state index is 0.561. The maximum Gasteiger partial charge on any atom is 0.164 e. The Morgan fingerprint density at radius 3 is 1.76 bits per heavy atom. The van der Waals surface area contributed by atoms with Crippen LogP contribution >= 0.6 is 0 Å². The molecule has 3 heterocycles. The van der Waals surface area contributed by atoms with Gasteiger partial charge in [0.05, 0.1) is 0 Å². The predicted octanol–water partition coefficient (Wildman–Crippen LogP) is 13.2. The Kier molecular flexibility index (Phi) is 6.79. The molecule has 5 nitrogen and oxygen atoms in total. The van der Waals surface area contributed by atoms with Crippen molar-refractivity contribution < 1.29 is 8.83 Å². The van der Waals surface area contributed by atoms with E-state index >= 15 is 0 Å². The van der Waals surface area contributed by atoms with Gasteiger partial charge in [-0.2, -0.15) is 0 Å². The van der Waals surface area contributed by atoms with E-state index in [-0.39, 0.29) is 0 Å². The van der Waals surface area contributed by atoms with Crippen molar-refractivity contribution in [2.24, 2.45) is 0 Å². The molecular weight excluding hydrogens is 663 g/mol. The lowest BCUT2D eigenvalue weighted by Crippen LogP contribution is -2.01. The molecule has 8 aromatic carbocycles. The molecule has 0 N–H and O–H groups in total. The Morgan fingerprint density at radius 1 is 0.315 bits per heavy atom. The first kappa shape index (κ1) is 30.3. The molecule has 0 saturated carbocycles. The highest BCUT2D eigenvalue weighted by molar-refractivity contribution is 6.15. The van der Waals surface area contributed by atoms with Gasteiger partial charge in [0.15, 0.2) is 17.5 Å². The first-order valence-corrected chi connectivity index (χ1v) is 18.0. The van der Waals surface area contributed by atoms with Crippen molar-refractivity contribution in [2.75, 3.05) is 0 Å². The smallest absolute Gasteiger partial charge is 0.164 e. The van der Waals surface area contributed by atoms with E-state index < -0.39 is 0 Å². The van der Waals surface area contributed by atoms with E-state index in [0.29, 0.717) is 17.5 Å². The number of furan rings is 2. The molecule has 0 amide bonds. The monoisotopic (exact) mass is 691 g/mol. The van der Waals surface area contributed by atoms with Gasteiger partial charge in [0.2, 0.25) is 0 Å². The highest BCUT2D eigenvalue weighted by atomic mass is 16.3. The summed E-state index contributed by atoms with van der Waals surface area (Å²) in [5.74, 6) is 1.75. The average Bonchev–Trinajstić information content (AvgIpc) is 3.82. The highest BCUT2D eigenvalue weighted by Crippen LogP contribution is 2.42. The van der Waals surface area contributed by atoms with Crippen LogP contribution in [0.1, 0.15) is 0 Å². The molecule has 54 heavy (non-hydrogen) atoms. The van der Waals surface area contributed by atoms with Gasteiger partial charge >= 0.3 is 0 Å². The van der Waals surface area contributed by atoms with E-state index in [1.54, 1.807) is 0 Å². The summed E-state index contributed by atoms with van der Waals surface area (Å²) in [6.45, 7) is 0. The number of nitrogens with zero attached hydrogens (tertiary/aromatic N) is 3.